The van der Waals surface area contributed by atoms with E-state index in [9.17, 15) is 9.59 Å². The molecule has 0 saturated carbocycles. The number of hydrogen-bond donors (Lipinski definition) is 3. The highest BCUT2D eigenvalue weighted by Gasteiger charge is 2.02. The highest BCUT2D eigenvalue weighted by molar-refractivity contribution is 9.10. The Morgan fingerprint density at radius 2 is 1.62 bits per heavy atom. The number of halogens is 1. The van der Waals surface area contributed by atoms with Crippen LogP contribution in [0.25, 0.3) is 5.69 Å². The van der Waals surface area contributed by atoms with Crippen molar-refractivity contribution >= 4 is 27.3 Å². The molecular formula is C18H21BrN8O2. The van der Waals surface area contributed by atoms with Crippen LogP contribution in [-0.4, -0.2) is 29.1 Å². The Hall–Kier alpha value is -3.60. The van der Waals surface area contributed by atoms with Gasteiger partial charge in [-0.25, -0.2) is 0 Å². The van der Waals surface area contributed by atoms with Gasteiger partial charge in [0.05, 0.1) is 33.9 Å². The second-order valence-electron chi connectivity index (χ2n) is 5.80. The molecule has 0 aliphatic rings. The Morgan fingerprint density at radius 3 is 2.07 bits per heavy atom. The number of aromatic nitrogens is 6. The zero-order chi connectivity index (χ0) is 21.4. The molecule has 0 aromatic carbocycles. The van der Waals surface area contributed by atoms with Crippen LogP contribution in [0.3, 0.4) is 0 Å². The van der Waals surface area contributed by atoms with E-state index in [1.807, 2.05) is 13.2 Å². The molecule has 10 nitrogen and oxygen atoms in total. The minimum absolute atomic E-state index is 0.222. The maximum Gasteiger partial charge on any atom is 0.278 e. The maximum atomic E-state index is 11.6. The molecule has 152 valence electrons. The number of nitrogen functional groups attached to an aromatic ring is 2. The van der Waals surface area contributed by atoms with Crippen LogP contribution < -0.4 is 22.6 Å². The first-order chi connectivity index (χ1) is 13.8. The molecular weight excluding hydrogens is 440 g/mol. The first-order valence-corrected chi connectivity index (χ1v) is 9.10. The summed E-state index contributed by atoms with van der Waals surface area (Å²) in [6.07, 6.45) is 10.2. The number of rotatable bonds is 1. The molecule has 0 amide bonds. The van der Waals surface area contributed by atoms with E-state index in [-0.39, 0.29) is 22.5 Å². The third kappa shape index (κ3) is 6.50. The summed E-state index contributed by atoms with van der Waals surface area (Å²) in [6.45, 7) is 0. The molecule has 4 aromatic rings. The van der Waals surface area contributed by atoms with Crippen LogP contribution in [0.2, 0.25) is 0 Å². The molecule has 0 bridgehead atoms. The number of nitrogens with zero attached hydrogens (tertiary/aromatic N) is 5. The largest absolute Gasteiger partial charge is 0.394 e. The lowest BCUT2D eigenvalue weighted by molar-refractivity contribution is 0.767. The van der Waals surface area contributed by atoms with E-state index in [2.05, 4.69) is 31.1 Å². The summed E-state index contributed by atoms with van der Waals surface area (Å²) in [5, 5.41) is 7.87. The molecule has 0 atom stereocenters. The van der Waals surface area contributed by atoms with Gasteiger partial charge in [-0.15, -0.1) is 0 Å². The van der Waals surface area contributed by atoms with E-state index in [0.29, 0.717) is 5.69 Å². The third-order valence-corrected chi connectivity index (χ3v) is 3.88. The molecule has 0 aliphatic heterocycles. The van der Waals surface area contributed by atoms with Crippen molar-refractivity contribution in [2.24, 2.45) is 14.1 Å². The molecule has 4 aromatic heterocycles. The molecule has 4 heterocycles. The Morgan fingerprint density at radius 1 is 0.966 bits per heavy atom. The summed E-state index contributed by atoms with van der Waals surface area (Å²) in [4.78, 5) is 24.4. The first kappa shape index (κ1) is 21.7. The van der Waals surface area contributed by atoms with Crippen molar-refractivity contribution in [1.29, 1.82) is 0 Å². The maximum absolute atomic E-state index is 11.6. The fourth-order valence-electron chi connectivity index (χ4n) is 2.07. The number of nitrogens with two attached hydrogens (primary N) is 2. The summed E-state index contributed by atoms with van der Waals surface area (Å²) in [5.74, 6) is 0. The zero-order valence-corrected chi connectivity index (χ0v) is 17.4. The van der Waals surface area contributed by atoms with Crippen LogP contribution >= 0.6 is 15.9 Å². The Bertz CT molecular complexity index is 1160. The summed E-state index contributed by atoms with van der Waals surface area (Å²) < 4.78 is 5.85. The van der Waals surface area contributed by atoms with E-state index in [0.717, 1.165) is 4.47 Å². The van der Waals surface area contributed by atoms with Crippen molar-refractivity contribution in [2.75, 3.05) is 11.5 Å². The summed E-state index contributed by atoms with van der Waals surface area (Å²) in [5.41, 5.74) is 11.4. The molecule has 0 unspecified atom stereocenters. The number of H-pyrrole nitrogens is 1. The number of aryl methyl sites for hydroxylation is 2. The number of aromatic amines is 1. The van der Waals surface area contributed by atoms with Crippen molar-refractivity contribution in [3.63, 3.8) is 0 Å². The second-order valence-corrected chi connectivity index (χ2v) is 6.71. The van der Waals surface area contributed by atoms with E-state index in [4.69, 9.17) is 11.5 Å². The van der Waals surface area contributed by atoms with E-state index in [1.54, 1.807) is 71.7 Å². The Kier molecular flexibility index (Phi) is 7.54. The smallest absolute Gasteiger partial charge is 0.278 e. The molecule has 0 aliphatic carbocycles. The SMILES string of the molecule is Cn1cc(-n2cccc(N)c2=O)cn1.Cn1cc(Br)cn1.Nc1ccc[nH]c1=O. The predicted octanol–water partition coefficient (Wildman–Crippen LogP) is 1.29. The van der Waals surface area contributed by atoms with Gasteiger partial charge in [-0.3, -0.25) is 23.5 Å². The number of nitrogens with one attached hydrogen (secondary N) is 1. The first-order valence-electron chi connectivity index (χ1n) is 8.31. The predicted molar refractivity (Wildman–Crippen MR) is 116 cm³/mol. The molecule has 29 heavy (non-hydrogen) atoms. The van der Waals surface area contributed by atoms with Gasteiger partial charge in [-0.05, 0) is 40.2 Å². The van der Waals surface area contributed by atoms with Crippen LogP contribution in [0.4, 0.5) is 11.4 Å². The highest BCUT2D eigenvalue weighted by atomic mass is 79.9. The van der Waals surface area contributed by atoms with Gasteiger partial charge in [0.1, 0.15) is 0 Å². The van der Waals surface area contributed by atoms with Crippen LogP contribution in [0.15, 0.2) is 75.5 Å². The van der Waals surface area contributed by atoms with Gasteiger partial charge in [0.2, 0.25) is 0 Å². The molecule has 4 rings (SSSR count). The van der Waals surface area contributed by atoms with Crippen molar-refractivity contribution < 1.29 is 0 Å². The van der Waals surface area contributed by atoms with Gasteiger partial charge >= 0.3 is 0 Å². The van der Waals surface area contributed by atoms with Crippen molar-refractivity contribution in [1.82, 2.24) is 29.1 Å². The third-order valence-electron chi connectivity index (χ3n) is 3.47. The molecule has 0 saturated heterocycles. The van der Waals surface area contributed by atoms with Gasteiger partial charge in [-0.1, -0.05) is 0 Å². The van der Waals surface area contributed by atoms with Crippen molar-refractivity contribution in [3.8, 4) is 5.69 Å². The quantitative estimate of drug-likeness (QED) is 0.390. The van der Waals surface area contributed by atoms with Crippen LogP contribution in [0.1, 0.15) is 0 Å². The highest BCUT2D eigenvalue weighted by Crippen LogP contribution is 2.04. The molecule has 5 N–H and O–H groups in total. The number of hydrogen-bond acceptors (Lipinski definition) is 6. The van der Waals surface area contributed by atoms with E-state index >= 15 is 0 Å². The summed E-state index contributed by atoms with van der Waals surface area (Å²) in [7, 11) is 3.67. The normalized spacial score (nSPS) is 9.76. The minimum Gasteiger partial charge on any atom is -0.394 e. The fourth-order valence-corrected chi connectivity index (χ4v) is 2.46. The lowest BCUT2D eigenvalue weighted by Crippen LogP contribution is -2.19. The fraction of sp³-hybridized carbons (Fsp3) is 0.111. The van der Waals surface area contributed by atoms with Crippen LogP contribution in [0.5, 0.6) is 0 Å². The van der Waals surface area contributed by atoms with Gasteiger partial charge < -0.3 is 16.5 Å². The Balaban J connectivity index is 0.000000170. The average molecular weight is 461 g/mol. The lowest BCUT2D eigenvalue weighted by Gasteiger charge is -2.01. The van der Waals surface area contributed by atoms with Gasteiger partial charge in [0, 0.05) is 38.9 Å². The monoisotopic (exact) mass is 460 g/mol. The topological polar surface area (TPSA) is 143 Å². The lowest BCUT2D eigenvalue weighted by atomic mass is 10.4. The standard InChI is InChI=1S/C9H10N4O.C5H6N2O.C4H5BrN2/c1-12-6-7(5-11-12)13-4-2-3-8(10)9(13)14;6-4-2-1-3-7-5(4)8;1-7-3-4(5)2-6-7/h2-6H,10H2,1H3;1-3H,6H2,(H,7,8);2-3H,1H3. The molecule has 0 radical (unpaired) electrons. The minimum atomic E-state index is -0.229. The van der Waals surface area contributed by atoms with E-state index in [1.165, 1.54) is 4.57 Å². The van der Waals surface area contributed by atoms with Gasteiger partial charge in [0.15, 0.2) is 0 Å². The van der Waals surface area contributed by atoms with Crippen molar-refractivity contribution in [3.05, 3.63) is 86.6 Å². The second kappa shape index (κ2) is 10.1. The molecule has 0 spiro atoms. The summed E-state index contributed by atoms with van der Waals surface area (Å²) in [6, 6.07) is 6.54. The van der Waals surface area contributed by atoms with Crippen LogP contribution in [-0.2, 0) is 14.1 Å². The Labute approximate surface area is 174 Å². The number of anilines is 2. The molecule has 0 fully saturated rings. The summed E-state index contributed by atoms with van der Waals surface area (Å²) >= 11 is 3.25. The van der Waals surface area contributed by atoms with Gasteiger partial charge in [-0.2, -0.15) is 10.2 Å². The van der Waals surface area contributed by atoms with Crippen LogP contribution in [0, 0.1) is 0 Å². The molecule has 11 heteroatoms. The van der Waals surface area contributed by atoms with E-state index < -0.39 is 0 Å². The average Bonchev–Trinajstić information content (AvgIpc) is 3.28. The van der Waals surface area contributed by atoms with Gasteiger partial charge in [0.25, 0.3) is 11.1 Å². The van der Waals surface area contributed by atoms with Crippen molar-refractivity contribution in [2.45, 2.75) is 0 Å². The number of pyridine rings is 2. The zero-order valence-electron chi connectivity index (χ0n) is 15.9.